The first kappa shape index (κ1) is 25.5. The fourth-order valence-electron chi connectivity index (χ4n) is 5.07. The van der Waals surface area contributed by atoms with Gasteiger partial charge in [-0.25, -0.2) is 18.2 Å². The number of pyridine rings is 2. The summed E-state index contributed by atoms with van der Waals surface area (Å²) in [7, 11) is 0. The minimum atomic E-state index is -0.971. The van der Waals surface area contributed by atoms with E-state index in [1.807, 2.05) is 13.0 Å². The van der Waals surface area contributed by atoms with Crippen molar-refractivity contribution in [3.8, 4) is 11.3 Å². The number of ketones is 1. The molecule has 1 aliphatic rings. The molecule has 4 atom stereocenters. The minimum absolute atomic E-state index is 0.0510. The van der Waals surface area contributed by atoms with Crippen LogP contribution in [-0.2, 0) is 11.2 Å². The molecule has 4 rings (SSSR count). The van der Waals surface area contributed by atoms with Crippen molar-refractivity contribution in [2.45, 2.75) is 51.1 Å². The second-order valence-corrected chi connectivity index (χ2v) is 9.33. The summed E-state index contributed by atoms with van der Waals surface area (Å²) in [4.78, 5) is 32.8. The fourth-order valence-corrected chi connectivity index (χ4v) is 5.07. The molecule has 6 nitrogen and oxygen atoms in total. The molecule has 0 bridgehead atoms. The van der Waals surface area contributed by atoms with Gasteiger partial charge in [-0.3, -0.25) is 14.6 Å². The third-order valence-electron chi connectivity index (χ3n) is 6.72. The standard InChI is InChI=1S/C27H27F3N4O2/c1-14-10-16(11-22(31)26(14)33-15(2)35)18-8-9-32-13-17(18)12-24(36)23-7-6-21(30)27(34-23)25-19(28)4-3-5-20(25)29/h3-9,13-14,16,22,26H,10-12,31H2,1-2H3,(H,33,35)/t14-,16+,22+,26-/m1/s1. The van der Waals surface area contributed by atoms with E-state index in [0.29, 0.717) is 12.0 Å². The van der Waals surface area contributed by atoms with E-state index >= 15 is 0 Å². The highest BCUT2D eigenvalue weighted by Crippen LogP contribution is 2.37. The van der Waals surface area contributed by atoms with Crippen LogP contribution in [0.4, 0.5) is 13.2 Å². The van der Waals surface area contributed by atoms with Gasteiger partial charge >= 0.3 is 0 Å². The first-order valence-corrected chi connectivity index (χ1v) is 11.7. The highest BCUT2D eigenvalue weighted by Gasteiger charge is 2.35. The molecular weight excluding hydrogens is 469 g/mol. The highest BCUT2D eigenvalue weighted by atomic mass is 19.1. The maximum atomic E-state index is 14.4. The van der Waals surface area contributed by atoms with Gasteiger partial charge in [-0.2, -0.15) is 0 Å². The van der Waals surface area contributed by atoms with Crippen molar-refractivity contribution >= 4 is 11.7 Å². The zero-order valence-electron chi connectivity index (χ0n) is 20.0. The normalized spacial score (nSPS) is 21.7. The molecule has 0 spiro atoms. The average Bonchev–Trinajstić information content (AvgIpc) is 2.82. The molecule has 1 amide bonds. The number of aromatic nitrogens is 2. The first-order valence-electron chi connectivity index (χ1n) is 11.7. The van der Waals surface area contributed by atoms with Crippen LogP contribution >= 0.6 is 0 Å². The smallest absolute Gasteiger partial charge is 0.217 e. The molecule has 0 saturated heterocycles. The quantitative estimate of drug-likeness (QED) is 0.495. The number of carbonyl (C=O) groups excluding carboxylic acids is 2. The zero-order valence-corrected chi connectivity index (χ0v) is 20.0. The lowest BCUT2D eigenvalue weighted by atomic mass is 9.72. The summed E-state index contributed by atoms with van der Waals surface area (Å²) < 4.78 is 42.9. The molecule has 188 valence electrons. The van der Waals surface area contributed by atoms with Crippen LogP contribution in [0, 0.1) is 23.4 Å². The molecule has 9 heteroatoms. The number of hydrogen-bond acceptors (Lipinski definition) is 5. The number of amides is 1. The van der Waals surface area contributed by atoms with Gasteiger partial charge in [0, 0.05) is 37.8 Å². The Bertz CT molecular complexity index is 1270. The fraction of sp³-hybridized carbons (Fsp3) is 0.333. The number of nitrogens with two attached hydrogens (primary N) is 1. The Kier molecular flexibility index (Phi) is 7.49. The lowest BCUT2D eigenvalue weighted by Gasteiger charge is -2.39. The third kappa shape index (κ3) is 5.31. The third-order valence-corrected chi connectivity index (χ3v) is 6.72. The molecule has 2 heterocycles. The van der Waals surface area contributed by atoms with Crippen molar-refractivity contribution in [3.63, 3.8) is 0 Å². The Morgan fingerprint density at radius 3 is 2.44 bits per heavy atom. The van der Waals surface area contributed by atoms with Crippen molar-refractivity contribution < 1.29 is 22.8 Å². The van der Waals surface area contributed by atoms with Crippen molar-refractivity contribution in [2.75, 3.05) is 0 Å². The van der Waals surface area contributed by atoms with Gasteiger partial charge in [0.2, 0.25) is 5.91 Å². The minimum Gasteiger partial charge on any atom is -0.352 e. The number of nitrogens with zero attached hydrogens (tertiary/aromatic N) is 2. The lowest BCUT2D eigenvalue weighted by Crippen LogP contribution is -2.54. The van der Waals surface area contributed by atoms with Crippen LogP contribution in [0.25, 0.3) is 11.3 Å². The average molecular weight is 497 g/mol. The Balaban J connectivity index is 1.59. The van der Waals surface area contributed by atoms with Crippen molar-refractivity contribution in [2.24, 2.45) is 11.7 Å². The predicted molar refractivity (Wildman–Crippen MR) is 129 cm³/mol. The summed E-state index contributed by atoms with van der Waals surface area (Å²) >= 11 is 0. The van der Waals surface area contributed by atoms with Gasteiger partial charge in [0.1, 0.15) is 28.8 Å². The maximum Gasteiger partial charge on any atom is 0.217 e. The van der Waals surface area contributed by atoms with Crippen molar-refractivity contribution in [3.05, 3.63) is 83.1 Å². The number of rotatable bonds is 6. The van der Waals surface area contributed by atoms with Gasteiger partial charge in [0.25, 0.3) is 0 Å². The number of carbonyl (C=O) groups is 2. The monoisotopic (exact) mass is 496 g/mol. The van der Waals surface area contributed by atoms with E-state index in [2.05, 4.69) is 15.3 Å². The van der Waals surface area contributed by atoms with Gasteiger partial charge in [-0.15, -0.1) is 0 Å². The Morgan fingerprint density at radius 2 is 1.78 bits per heavy atom. The predicted octanol–water partition coefficient (Wildman–Crippen LogP) is 4.33. The summed E-state index contributed by atoms with van der Waals surface area (Å²) in [5, 5.41) is 2.93. The molecule has 3 N–H and O–H groups in total. The molecule has 0 aliphatic heterocycles. The van der Waals surface area contributed by atoms with Gasteiger partial charge < -0.3 is 11.1 Å². The van der Waals surface area contributed by atoms with Crippen molar-refractivity contribution in [1.29, 1.82) is 0 Å². The molecule has 1 aliphatic carbocycles. The van der Waals surface area contributed by atoms with E-state index in [1.54, 1.807) is 12.4 Å². The van der Waals surface area contributed by atoms with Gasteiger partial charge in [0.05, 0.1) is 5.56 Å². The molecule has 1 saturated carbocycles. The summed E-state index contributed by atoms with van der Waals surface area (Å²) in [6.07, 6.45) is 4.55. The molecule has 2 aromatic heterocycles. The summed E-state index contributed by atoms with van der Waals surface area (Å²) in [6.45, 7) is 3.50. The van der Waals surface area contributed by atoms with Gasteiger partial charge in [-0.1, -0.05) is 13.0 Å². The van der Waals surface area contributed by atoms with Crippen LogP contribution < -0.4 is 11.1 Å². The summed E-state index contributed by atoms with van der Waals surface area (Å²) in [6, 6.07) is 6.82. The molecule has 1 fully saturated rings. The van der Waals surface area contributed by atoms with Crippen LogP contribution in [-0.4, -0.2) is 33.7 Å². The van der Waals surface area contributed by atoms with Crippen LogP contribution in [0.5, 0.6) is 0 Å². The summed E-state index contributed by atoms with van der Waals surface area (Å²) in [5.41, 5.74) is 6.71. The molecule has 0 unspecified atom stereocenters. The van der Waals surface area contributed by atoms with E-state index in [0.717, 1.165) is 30.2 Å². The number of nitrogens with one attached hydrogen (secondary N) is 1. The molecule has 3 aromatic rings. The van der Waals surface area contributed by atoms with E-state index in [9.17, 15) is 22.8 Å². The van der Waals surface area contributed by atoms with Crippen LogP contribution in [0.2, 0.25) is 0 Å². The van der Waals surface area contributed by atoms with E-state index in [1.165, 1.54) is 19.1 Å². The highest BCUT2D eigenvalue weighted by molar-refractivity contribution is 5.96. The van der Waals surface area contributed by atoms with Crippen molar-refractivity contribution in [1.82, 2.24) is 15.3 Å². The topological polar surface area (TPSA) is 98.0 Å². The second-order valence-electron chi connectivity index (χ2n) is 9.33. The van der Waals surface area contributed by atoms with E-state index in [4.69, 9.17) is 5.73 Å². The van der Waals surface area contributed by atoms with Gasteiger partial charge in [0.15, 0.2) is 5.78 Å². The number of halogens is 3. The van der Waals surface area contributed by atoms with Crippen LogP contribution in [0.15, 0.2) is 48.8 Å². The molecular formula is C27H27F3N4O2. The number of Topliss-reactive ketones (excluding diaryl/α,β-unsaturated/α-hetero) is 1. The molecule has 1 aromatic carbocycles. The Hall–Kier alpha value is -3.59. The maximum absolute atomic E-state index is 14.4. The molecule has 0 radical (unpaired) electrons. The number of benzene rings is 1. The second kappa shape index (κ2) is 10.6. The Morgan fingerprint density at radius 1 is 1.06 bits per heavy atom. The summed E-state index contributed by atoms with van der Waals surface area (Å²) in [5.74, 6) is -3.27. The van der Waals surface area contributed by atoms with E-state index < -0.39 is 34.5 Å². The van der Waals surface area contributed by atoms with Crippen LogP contribution in [0.1, 0.15) is 54.2 Å². The largest absolute Gasteiger partial charge is 0.352 e. The number of hydrogen-bond donors (Lipinski definition) is 2. The Labute approximate surface area is 207 Å². The lowest BCUT2D eigenvalue weighted by molar-refractivity contribution is -0.120. The zero-order chi connectivity index (χ0) is 26.0. The molecule has 36 heavy (non-hydrogen) atoms. The van der Waals surface area contributed by atoms with Crippen LogP contribution in [0.3, 0.4) is 0 Å². The van der Waals surface area contributed by atoms with E-state index in [-0.39, 0.29) is 41.9 Å². The first-order chi connectivity index (χ1) is 17.2. The SMILES string of the molecule is CC(=O)N[C@@H]1[C@H](C)C[C@H](c2ccncc2CC(=O)c2ccc(F)c(-c3c(F)cccc3F)n2)C[C@@H]1N. The van der Waals surface area contributed by atoms with Gasteiger partial charge in [-0.05, 0) is 66.1 Å².